The van der Waals surface area contributed by atoms with E-state index < -0.39 is 5.91 Å². The van der Waals surface area contributed by atoms with Gasteiger partial charge in [0, 0.05) is 19.2 Å². The van der Waals surface area contributed by atoms with Gasteiger partial charge in [0.05, 0.1) is 6.26 Å². The van der Waals surface area contributed by atoms with Crippen LogP contribution in [0.1, 0.15) is 22.3 Å². The molecule has 0 atom stereocenters. The van der Waals surface area contributed by atoms with Crippen molar-refractivity contribution in [3.05, 3.63) is 40.0 Å². The van der Waals surface area contributed by atoms with Crippen LogP contribution in [0.4, 0.5) is 0 Å². The molecule has 23 heavy (non-hydrogen) atoms. The van der Waals surface area contributed by atoms with E-state index in [1.54, 1.807) is 6.92 Å². The van der Waals surface area contributed by atoms with Gasteiger partial charge in [-0.05, 0) is 21.0 Å². The third kappa shape index (κ3) is 4.65. The molecular formula is C14H18N4O5. The first kappa shape index (κ1) is 16.7. The number of rotatable bonds is 7. The lowest BCUT2D eigenvalue weighted by Crippen LogP contribution is -2.31. The van der Waals surface area contributed by atoms with Crippen molar-refractivity contribution >= 4 is 5.91 Å². The largest absolute Gasteiger partial charge is 0.478 e. The maximum absolute atomic E-state index is 11.8. The van der Waals surface area contributed by atoms with Gasteiger partial charge in [0.15, 0.2) is 6.61 Å². The topological polar surface area (TPSA) is 111 Å². The van der Waals surface area contributed by atoms with Crippen LogP contribution in [-0.4, -0.2) is 48.1 Å². The lowest BCUT2D eigenvalue weighted by Gasteiger charge is -2.08. The number of nitrogens with zero attached hydrogens (tertiary/aromatic N) is 3. The maximum atomic E-state index is 11.8. The minimum atomic E-state index is -0.457. The molecule has 1 amide bonds. The van der Waals surface area contributed by atoms with Crippen molar-refractivity contribution in [3.8, 4) is 5.75 Å². The molecule has 0 saturated heterocycles. The third-order valence-electron chi connectivity index (χ3n) is 2.86. The van der Waals surface area contributed by atoms with Gasteiger partial charge in [-0.2, -0.15) is 4.98 Å². The third-order valence-corrected chi connectivity index (χ3v) is 2.86. The van der Waals surface area contributed by atoms with Crippen LogP contribution in [0.5, 0.6) is 5.75 Å². The number of hydrogen-bond acceptors (Lipinski definition) is 8. The summed E-state index contributed by atoms with van der Waals surface area (Å²) in [5.41, 5.74) is -0.307. The average molecular weight is 322 g/mol. The molecule has 0 unspecified atom stereocenters. The zero-order valence-corrected chi connectivity index (χ0v) is 13.2. The Balaban J connectivity index is 1.92. The van der Waals surface area contributed by atoms with Crippen molar-refractivity contribution < 1.29 is 18.5 Å². The second-order valence-corrected chi connectivity index (χ2v) is 5.03. The smallest absolute Gasteiger partial charge is 0.316 e. The lowest BCUT2D eigenvalue weighted by molar-refractivity contribution is 0.0907. The normalized spacial score (nSPS) is 10.8. The van der Waals surface area contributed by atoms with Crippen LogP contribution in [0, 0.1) is 6.92 Å². The first-order valence-corrected chi connectivity index (χ1v) is 6.94. The van der Waals surface area contributed by atoms with Crippen LogP contribution in [0.25, 0.3) is 0 Å². The van der Waals surface area contributed by atoms with Crippen molar-refractivity contribution in [2.24, 2.45) is 0 Å². The zero-order valence-electron chi connectivity index (χ0n) is 13.2. The number of aryl methyl sites for hydroxylation is 1. The van der Waals surface area contributed by atoms with Gasteiger partial charge in [-0.1, -0.05) is 5.16 Å². The summed E-state index contributed by atoms with van der Waals surface area (Å²) in [5, 5.41) is 6.29. The summed E-state index contributed by atoms with van der Waals surface area (Å²) in [5.74, 6) is -0.0254. The summed E-state index contributed by atoms with van der Waals surface area (Å²) >= 11 is 0. The fourth-order valence-corrected chi connectivity index (χ4v) is 1.68. The van der Waals surface area contributed by atoms with E-state index in [1.165, 1.54) is 12.3 Å². The summed E-state index contributed by atoms with van der Waals surface area (Å²) in [6.45, 7) is 2.66. The Labute approximate surface area is 132 Å². The predicted octanol–water partition coefficient (Wildman–Crippen LogP) is 0.202. The van der Waals surface area contributed by atoms with E-state index in [4.69, 9.17) is 13.7 Å². The highest BCUT2D eigenvalue weighted by atomic mass is 16.5. The second-order valence-electron chi connectivity index (χ2n) is 5.03. The summed E-state index contributed by atoms with van der Waals surface area (Å²) in [7, 11) is 3.80. The van der Waals surface area contributed by atoms with Gasteiger partial charge in [0.2, 0.25) is 17.0 Å². The van der Waals surface area contributed by atoms with Crippen LogP contribution in [0.15, 0.2) is 26.1 Å². The fraction of sp³-hybridized carbons (Fsp3) is 0.429. The molecule has 0 aliphatic carbocycles. The molecule has 0 aliphatic rings. The Morgan fingerprint density at radius 1 is 1.43 bits per heavy atom. The van der Waals surface area contributed by atoms with E-state index in [2.05, 4.69) is 15.5 Å². The van der Waals surface area contributed by atoms with E-state index in [0.717, 1.165) is 0 Å². The van der Waals surface area contributed by atoms with Gasteiger partial charge >= 0.3 is 11.8 Å². The maximum Gasteiger partial charge on any atom is 0.316 e. The molecule has 0 aromatic carbocycles. The molecule has 9 nitrogen and oxygen atoms in total. The van der Waals surface area contributed by atoms with Crippen LogP contribution < -0.4 is 15.5 Å². The molecule has 0 saturated carbocycles. The highest BCUT2D eigenvalue weighted by Crippen LogP contribution is 2.12. The molecule has 2 rings (SSSR count). The summed E-state index contributed by atoms with van der Waals surface area (Å²) in [6.07, 6.45) is 1.29. The Bertz CT molecular complexity index is 722. The molecule has 0 bridgehead atoms. The number of carbonyl (C=O) groups excluding carboxylic acids is 1. The van der Waals surface area contributed by atoms with Crippen molar-refractivity contribution in [2.75, 3.05) is 27.2 Å². The predicted molar refractivity (Wildman–Crippen MR) is 79.2 cm³/mol. The number of ether oxygens (including phenoxy) is 1. The van der Waals surface area contributed by atoms with Crippen molar-refractivity contribution in [2.45, 2.75) is 13.5 Å². The van der Waals surface area contributed by atoms with E-state index in [-0.39, 0.29) is 29.5 Å². The molecule has 2 aromatic heterocycles. The van der Waals surface area contributed by atoms with Gasteiger partial charge in [-0.25, -0.2) is 0 Å². The number of carbonyl (C=O) groups is 1. The number of hydrogen-bond donors (Lipinski definition) is 1. The highest BCUT2D eigenvalue weighted by molar-refractivity contribution is 5.89. The Morgan fingerprint density at radius 3 is 2.91 bits per heavy atom. The Morgan fingerprint density at radius 2 is 2.22 bits per heavy atom. The summed E-state index contributed by atoms with van der Waals surface area (Å²) in [6, 6.07) is 1.25. The highest BCUT2D eigenvalue weighted by Gasteiger charge is 2.16. The van der Waals surface area contributed by atoms with Gasteiger partial charge in [0.25, 0.3) is 0 Å². The SMILES string of the molecule is Cc1occc(=O)c1OCc1noc(C(=O)NCCN(C)C)n1. The van der Waals surface area contributed by atoms with Crippen LogP contribution in [-0.2, 0) is 6.61 Å². The molecule has 0 fully saturated rings. The summed E-state index contributed by atoms with van der Waals surface area (Å²) < 4.78 is 15.3. The minimum absolute atomic E-state index is 0.0780. The van der Waals surface area contributed by atoms with E-state index in [9.17, 15) is 9.59 Å². The monoisotopic (exact) mass is 322 g/mol. The molecule has 0 radical (unpaired) electrons. The molecule has 1 N–H and O–H groups in total. The molecule has 9 heteroatoms. The van der Waals surface area contributed by atoms with Crippen molar-refractivity contribution in [1.82, 2.24) is 20.4 Å². The number of aromatic nitrogens is 2. The van der Waals surface area contributed by atoms with Crippen molar-refractivity contribution in [1.29, 1.82) is 0 Å². The molecule has 124 valence electrons. The van der Waals surface area contributed by atoms with Gasteiger partial charge in [-0.3, -0.25) is 9.59 Å². The number of nitrogens with one attached hydrogen (secondary N) is 1. The van der Waals surface area contributed by atoms with Gasteiger partial charge < -0.3 is 23.9 Å². The van der Waals surface area contributed by atoms with Crippen LogP contribution >= 0.6 is 0 Å². The second kappa shape index (κ2) is 7.54. The first-order valence-electron chi connectivity index (χ1n) is 6.94. The van der Waals surface area contributed by atoms with E-state index in [0.29, 0.717) is 18.8 Å². The average Bonchev–Trinajstić information content (AvgIpc) is 2.95. The molecule has 0 aliphatic heterocycles. The Hall–Kier alpha value is -2.68. The molecule has 2 heterocycles. The Kier molecular flexibility index (Phi) is 5.47. The lowest BCUT2D eigenvalue weighted by atomic mass is 10.4. The fourth-order valence-electron chi connectivity index (χ4n) is 1.68. The quantitative estimate of drug-likeness (QED) is 0.769. The van der Waals surface area contributed by atoms with E-state index in [1.807, 2.05) is 19.0 Å². The minimum Gasteiger partial charge on any atom is -0.478 e. The van der Waals surface area contributed by atoms with Crippen molar-refractivity contribution in [3.63, 3.8) is 0 Å². The first-order chi connectivity index (χ1) is 11.0. The van der Waals surface area contributed by atoms with Crippen LogP contribution in [0.3, 0.4) is 0 Å². The zero-order chi connectivity index (χ0) is 16.8. The number of amides is 1. The summed E-state index contributed by atoms with van der Waals surface area (Å²) in [4.78, 5) is 29.3. The van der Waals surface area contributed by atoms with Crippen LogP contribution in [0.2, 0.25) is 0 Å². The standard InChI is InChI=1S/C14H18N4O5/c1-9-12(10(19)4-7-21-9)22-8-11-16-14(23-17-11)13(20)15-5-6-18(2)3/h4,7H,5-6,8H2,1-3H3,(H,15,20). The van der Waals surface area contributed by atoms with E-state index >= 15 is 0 Å². The molecule has 2 aromatic rings. The number of likely N-dealkylation sites (N-methyl/N-ethyl adjacent to an activating group) is 1. The van der Waals surface area contributed by atoms with Gasteiger partial charge in [0.1, 0.15) is 5.76 Å². The molecule has 0 spiro atoms. The molecular weight excluding hydrogens is 304 g/mol. The van der Waals surface area contributed by atoms with Gasteiger partial charge in [-0.15, -0.1) is 0 Å².